The molecule has 0 aliphatic heterocycles. The molecule has 2 heterocycles. The van der Waals surface area contributed by atoms with Gasteiger partial charge in [0.25, 0.3) is 5.91 Å². The summed E-state index contributed by atoms with van der Waals surface area (Å²) in [5, 5.41) is 7.49. The summed E-state index contributed by atoms with van der Waals surface area (Å²) < 4.78 is 5.25. The number of pyridine rings is 1. The van der Waals surface area contributed by atoms with Crippen LogP contribution in [0.4, 0.5) is 10.7 Å². The maximum absolute atomic E-state index is 12.9. The lowest BCUT2D eigenvalue weighted by Gasteiger charge is -2.10. The first-order valence-electron chi connectivity index (χ1n) is 9.55. The van der Waals surface area contributed by atoms with Gasteiger partial charge in [-0.1, -0.05) is 47.5 Å². The van der Waals surface area contributed by atoms with Crippen LogP contribution in [-0.4, -0.2) is 29.4 Å². The van der Waals surface area contributed by atoms with E-state index in [1.807, 2.05) is 30.3 Å². The van der Waals surface area contributed by atoms with Crippen molar-refractivity contribution in [3.05, 3.63) is 76.4 Å². The van der Waals surface area contributed by atoms with Crippen molar-refractivity contribution >= 4 is 51.4 Å². The van der Waals surface area contributed by atoms with E-state index in [-0.39, 0.29) is 16.6 Å². The summed E-state index contributed by atoms with van der Waals surface area (Å²) in [7, 11) is 0. The molecular weight excluding hydrogens is 450 g/mol. The Morgan fingerprint density at radius 1 is 1.09 bits per heavy atom. The molecule has 1 aromatic carbocycles. The van der Waals surface area contributed by atoms with Crippen LogP contribution in [0.1, 0.15) is 24.2 Å². The van der Waals surface area contributed by atoms with Crippen molar-refractivity contribution in [3.63, 3.8) is 0 Å². The van der Waals surface area contributed by atoms with Gasteiger partial charge < -0.3 is 15.4 Å². The number of thiophene rings is 1. The Hall–Kier alpha value is -3.49. The van der Waals surface area contributed by atoms with E-state index in [2.05, 4.69) is 15.6 Å². The Labute approximate surface area is 194 Å². The predicted octanol–water partition coefficient (Wildman–Crippen LogP) is 5.16. The van der Waals surface area contributed by atoms with Gasteiger partial charge >= 0.3 is 5.97 Å². The van der Waals surface area contributed by atoms with Crippen molar-refractivity contribution < 1.29 is 19.1 Å². The lowest BCUT2D eigenvalue weighted by Crippen LogP contribution is -2.22. The molecule has 0 radical (unpaired) electrons. The van der Waals surface area contributed by atoms with E-state index in [0.29, 0.717) is 16.3 Å². The molecule has 0 spiro atoms. The second kappa shape index (κ2) is 10.7. The minimum Gasteiger partial charge on any atom is -0.452 e. The number of carbonyl (C=O) groups excluding carboxylic acids is 3. The van der Waals surface area contributed by atoms with E-state index < -0.39 is 18.5 Å². The maximum atomic E-state index is 12.9. The minimum absolute atomic E-state index is 0.126. The van der Waals surface area contributed by atoms with E-state index >= 15 is 0 Å². The molecule has 9 heteroatoms. The highest BCUT2D eigenvalue weighted by atomic mass is 35.5. The number of hydrogen-bond donors (Lipinski definition) is 2. The molecule has 2 N–H and O–H groups in total. The maximum Gasteiger partial charge on any atom is 0.342 e. The highest BCUT2D eigenvalue weighted by molar-refractivity contribution is 7.15. The van der Waals surface area contributed by atoms with Crippen molar-refractivity contribution in [2.24, 2.45) is 0 Å². The van der Waals surface area contributed by atoms with Gasteiger partial charge in [0.2, 0.25) is 5.91 Å². The summed E-state index contributed by atoms with van der Waals surface area (Å²) in [4.78, 5) is 41.3. The normalized spacial score (nSPS) is 10.2. The van der Waals surface area contributed by atoms with Crippen molar-refractivity contribution in [2.75, 3.05) is 17.2 Å². The van der Waals surface area contributed by atoms with Crippen LogP contribution in [0.3, 0.4) is 0 Å². The summed E-state index contributed by atoms with van der Waals surface area (Å²) in [6.07, 6.45) is 2.92. The Morgan fingerprint density at radius 3 is 2.53 bits per heavy atom. The minimum atomic E-state index is -0.731. The van der Waals surface area contributed by atoms with E-state index in [1.165, 1.54) is 23.6 Å². The average molecular weight is 470 g/mol. The quantitative estimate of drug-likeness (QED) is 0.283. The van der Waals surface area contributed by atoms with Gasteiger partial charge in [0.1, 0.15) is 10.6 Å². The number of rotatable bonds is 7. The number of allylic oxidation sites excluding steroid dienone is 1. The van der Waals surface area contributed by atoms with Crippen LogP contribution < -0.4 is 10.6 Å². The zero-order valence-electron chi connectivity index (χ0n) is 17.3. The number of halogens is 1. The number of hydrogen-bond acceptors (Lipinski definition) is 6. The van der Waals surface area contributed by atoms with Crippen LogP contribution in [0, 0.1) is 0 Å². The summed E-state index contributed by atoms with van der Waals surface area (Å²) in [5.41, 5.74) is 2.69. The molecule has 0 fully saturated rings. The van der Waals surface area contributed by atoms with Gasteiger partial charge in [-0.2, -0.15) is 0 Å². The zero-order chi connectivity index (χ0) is 23.1. The van der Waals surface area contributed by atoms with Gasteiger partial charge in [-0.15, -0.1) is 11.3 Å². The molecule has 0 unspecified atom stereocenters. The summed E-state index contributed by atoms with van der Waals surface area (Å²) in [6, 6.07) is 12.4. The molecule has 0 saturated carbocycles. The second-order valence-electron chi connectivity index (χ2n) is 6.90. The molecule has 0 saturated heterocycles. The number of carbonyl (C=O) groups is 3. The van der Waals surface area contributed by atoms with E-state index in [1.54, 1.807) is 31.4 Å². The Balaban J connectivity index is 1.80. The van der Waals surface area contributed by atoms with Crippen molar-refractivity contribution in [3.8, 4) is 11.1 Å². The standard InChI is InChI=1S/C23H20ClN3O4S/c1-14(2)11-18(28)27-22-20(16(13-32-22)15-7-4-3-5-8-15)23(30)31-12-19(29)26-17-9-6-10-25-21(17)24/h3-11,13H,12H2,1-2H3,(H,26,29)(H,27,28). The smallest absolute Gasteiger partial charge is 0.342 e. The molecule has 0 aliphatic carbocycles. The Kier molecular flexibility index (Phi) is 7.75. The number of benzene rings is 1. The average Bonchev–Trinajstić information content (AvgIpc) is 3.17. The summed E-state index contributed by atoms with van der Waals surface area (Å²) in [5.74, 6) is -1.66. The molecular formula is C23H20ClN3O4S. The lowest BCUT2D eigenvalue weighted by atomic mass is 10.0. The van der Waals surface area contributed by atoms with Crippen molar-refractivity contribution in [1.29, 1.82) is 0 Å². The SMILES string of the molecule is CC(C)=CC(=O)Nc1scc(-c2ccccc2)c1C(=O)OCC(=O)Nc1cccnc1Cl. The largest absolute Gasteiger partial charge is 0.452 e. The number of aromatic nitrogens is 1. The monoisotopic (exact) mass is 469 g/mol. The molecule has 0 bridgehead atoms. The van der Waals surface area contributed by atoms with Crippen LogP contribution in [0.15, 0.2) is 65.7 Å². The Bertz CT molecular complexity index is 1170. The third-order valence-electron chi connectivity index (χ3n) is 4.10. The third kappa shape index (κ3) is 6.03. The summed E-state index contributed by atoms with van der Waals surface area (Å²) in [6.45, 7) is 3.06. The lowest BCUT2D eigenvalue weighted by molar-refractivity contribution is -0.119. The fourth-order valence-electron chi connectivity index (χ4n) is 2.76. The molecule has 0 atom stereocenters. The number of esters is 1. The van der Waals surface area contributed by atoms with Crippen molar-refractivity contribution in [2.45, 2.75) is 13.8 Å². The van der Waals surface area contributed by atoms with Gasteiger partial charge in [-0.3, -0.25) is 9.59 Å². The molecule has 0 aliphatic rings. The van der Waals surface area contributed by atoms with Gasteiger partial charge in [-0.25, -0.2) is 9.78 Å². The molecule has 2 aromatic heterocycles. The van der Waals surface area contributed by atoms with Gasteiger partial charge in [0.05, 0.1) is 5.69 Å². The molecule has 7 nitrogen and oxygen atoms in total. The fraction of sp³-hybridized carbons (Fsp3) is 0.130. The van der Waals surface area contributed by atoms with Crippen LogP contribution >= 0.6 is 22.9 Å². The highest BCUT2D eigenvalue weighted by Gasteiger charge is 2.23. The number of nitrogens with one attached hydrogen (secondary N) is 2. The van der Waals surface area contributed by atoms with Crippen LogP contribution in [0.25, 0.3) is 11.1 Å². The van der Waals surface area contributed by atoms with Gasteiger partial charge in [0, 0.05) is 23.2 Å². The Morgan fingerprint density at radius 2 is 1.84 bits per heavy atom. The van der Waals surface area contributed by atoms with Gasteiger partial charge in [-0.05, 0) is 31.5 Å². The van der Waals surface area contributed by atoms with Crippen LogP contribution in [0.2, 0.25) is 5.15 Å². The zero-order valence-corrected chi connectivity index (χ0v) is 18.9. The topological polar surface area (TPSA) is 97.4 Å². The second-order valence-corrected chi connectivity index (χ2v) is 8.13. The molecule has 164 valence electrons. The number of ether oxygens (including phenoxy) is 1. The van der Waals surface area contributed by atoms with Gasteiger partial charge in [0.15, 0.2) is 11.8 Å². The fourth-order valence-corrected chi connectivity index (χ4v) is 3.89. The third-order valence-corrected chi connectivity index (χ3v) is 5.30. The van der Waals surface area contributed by atoms with E-state index in [0.717, 1.165) is 11.1 Å². The van der Waals surface area contributed by atoms with Crippen molar-refractivity contribution in [1.82, 2.24) is 4.98 Å². The molecule has 32 heavy (non-hydrogen) atoms. The molecule has 3 aromatic rings. The highest BCUT2D eigenvalue weighted by Crippen LogP contribution is 2.36. The first kappa shape index (κ1) is 23.2. The molecule has 2 amide bonds. The number of amides is 2. The molecule has 3 rings (SSSR count). The predicted molar refractivity (Wildman–Crippen MR) is 126 cm³/mol. The first-order valence-corrected chi connectivity index (χ1v) is 10.8. The number of nitrogens with zero attached hydrogens (tertiary/aromatic N) is 1. The first-order chi connectivity index (χ1) is 15.3. The van der Waals surface area contributed by atoms with E-state index in [9.17, 15) is 14.4 Å². The van der Waals surface area contributed by atoms with Crippen LogP contribution in [-0.2, 0) is 14.3 Å². The summed E-state index contributed by atoms with van der Waals surface area (Å²) >= 11 is 7.13. The number of anilines is 2. The van der Waals surface area contributed by atoms with Crippen LogP contribution in [0.5, 0.6) is 0 Å². The van der Waals surface area contributed by atoms with E-state index in [4.69, 9.17) is 16.3 Å².